The average molecular weight is 327 g/mol. The summed E-state index contributed by atoms with van der Waals surface area (Å²) >= 11 is 3.64. The summed E-state index contributed by atoms with van der Waals surface area (Å²) in [6.07, 6.45) is 5.15. The van der Waals surface area contributed by atoms with E-state index in [1.54, 1.807) is 0 Å². The molecule has 98 valence electrons. The Morgan fingerprint density at radius 2 is 1.70 bits per heavy atom. The van der Waals surface area contributed by atoms with Crippen molar-refractivity contribution in [2.24, 2.45) is 22.7 Å². The largest absolute Gasteiger partial charge is 0.196 e. The summed E-state index contributed by atoms with van der Waals surface area (Å²) in [5, 5.41) is 38.4. The van der Waals surface area contributed by atoms with Gasteiger partial charge in [0.05, 0.1) is 28.6 Å². The van der Waals surface area contributed by atoms with Crippen molar-refractivity contribution in [2.75, 3.05) is 0 Å². The van der Waals surface area contributed by atoms with E-state index in [1.807, 2.05) is 18.2 Å². The van der Waals surface area contributed by atoms with E-state index in [0.717, 1.165) is 24.8 Å². The summed E-state index contributed by atoms with van der Waals surface area (Å²) in [6.45, 7) is 0. The lowest BCUT2D eigenvalue weighted by molar-refractivity contribution is 0.0961. The molecule has 0 N–H and O–H groups in total. The quantitative estimate of drug-likeness (QED) is 0.505. The maximum Gasteiger partial charge on any atom is 0.194 e. The highest BCUT2D eigenvalue weighted by molar-refractivity contribution is 9.10. The van der Waals surface area contributed by atoms with Crippen LogP contribution in [0.25, 0.3) is 0 Å². The van der Waals surface area contributed by atoms with Crippen LogP contribution in [-0.4, -0.2) is 4.32 Å². The number of fused-ring (bicyclic) bond motifs is 4. The lowest BCUT2D eigenvalue weighted by Gasteiger charge is -2.61. The number of nitriles is 4. The minimum atomic E-state index is -1.64. The lowest BCUT2D eigenvalue weighted by atomic mass is 9.43. The molecule has 3 aliphatic carbocycles. The highest BCUT2D eigenvalue weighted by Gasteiger charge is 2.77. The van der Waals surface area contributed by atoms with Crippen LogP contribution in [0, 0.1) is 68.0 Å². The second-order valence-corrected chi connectivity index (χ2v) is 7.07. The van der Waals surface area contributed by atoms with Gasteiger partial charge in [-0.15, -0.1) is 0 Å². The van der Waals surface area contributed by atoms with Crippen molar-refractivity contribution in [1.29, 1.82) is 21.0 Å². The predicted molar refractivity (Wildman–Crippen MR) is 72.5 cm³/mol. The molecular formula is C15H11BrN4. The summed E-state index contributed by atoms with van der Waals surface area (Å²) in [6, 6.07) is 8.04. The number of nitrogens with zero attached hydrogens (tertiary/aromatic N) is 4. The summed E-state index contributed by atoms with van der Waals surface area (Å²) < 4.78 is -0.825. The van der Waals surface area contributed by atoms with Crippen molar-refractivity contribution in [2.45, 2.75) is 30.0 Å². The van der Waals surface area contributed by atoms with E-state index in [4.69, 9.17) is 0 Å². The molecule has 0 aromatic rings. The summed E-state index contributed by atoms with van der Waals surface area (Å²) in [5.74, 6) is 0.584. The van der Waals surface area contributed by atoms with E-state index in [1.165, 1.54) is 0 Å². The number of alkyl halides is 1. The first kappa shape index (κ1) is 13.2. The van der Waals surface area contributed by atoms with Gasteiger partial charge in [0.1, 0.15) is 0 Å². The van der Waals surface area contributed by atoms with Gasteiger partial charge in [-0.2, -0.15) is 21.0 Å². The molecule has 2 fully saturated rings. The van der Waals surface area contributed by atoms with E-state index in [9.17, 15) is 21.0 Å². The SMILES string of the molecule is N#CC1(C#N)CC=C2[C@H]3CCC[C@H]3[C@]2(Br)C1(C#N)C#N. The Hall–Kier alpha value is -1.82. The summed E-state index contributed by atoms with van der Waals surface area (Å²) in [7, 11) is 0. The maximum atomic E-state index is 9.71. The standard InChI is InChI=1S/C15H11BrN4/c16-15-11-3-1-2-10(11)12(15)4-5-13(6-17,7-18)14(15,8-19)9-20/h4,10-11H,1-3,5H2/t10-,11+,15+/m0/s1. The van der Waals surface area contributed by atoms with Gasteiger partial charge in [0.15, 0.2) is 10.8 Å². The molecule has 0 unspecified atom stereocenters. The topological polar surface area (TPSA) is 95.2 Å². The highest BCUT2D eigenvalue weighted by Crippen LogP contribution is 2.73. The summed E-state index contributed by atoms with van der Waals surface area (Å²) in [4.78, 5) is 0. The molecule has 0 aromatic carbocycles. The molecule has 0 aromatic heterocycles. The molecule has 20 heavy (non-hydrogen) atoms. The first-order valence-electron chi connectivity index (χ1n) is 6.61. The van der Waals surface area contributed by atoms with Gasteiger partial charge in [0.25, 0.3) is 0 Å². The van der Waals surface area contributed by atoms with E-state index in [-0.39, 0.29) is 12.3 Å². The van der Waals surface area contributed by atoms with Crippen molar-refractivity contribution in [3.63, 3.8) is 0 Å². The third-order valence-corrected chi connectivity index (χ3v) is 7.02. The molecule has 0 heterocycles. The monoisotopic (exact) mass is 326 g/mol. The van der Waals surface area contributed by atoms with Gasteiger partial charge in [-0.3, -0.25) is 0 Å². The first-order chi connectivity index (χ1) is 9.56. The van der Waals surface area contributed by atoms with Gasteiger partial charge < -0.3 is 0 Å². The zero-order valence-corrected chi connectivity index (χ0v) is 12.3. The molecule has 0 aliphatic heterocycles. The number of halogens is 1. The van der Waals surface area contributed by atoms with Gasteiger partial charge in [-0.05, 0) is 24.7 Å². The Morgan fingerprint density at radius 3 is 2.25 bits per heavy atom. The number of allylic oxidation sites excluding steroid dienone is 2. The molecular weight excluding hydrogens is 316 g/mol. The van der Waals surface area contributed by atoms with Crippen LogP contribution >= 0.6 is 15.9 Å². The molecule has 3 aliphatic rings. The van der Waals surface area contributed by atoms with Crippen molar-refractivity contribution in [1.82, 2.24) is 0 Å². The Morgan fingerprint density at radius 1 is 1.05 bits per heavy atom. The van der Waals surface area contributed by atoms with E-state index < -0.39 is 15.2 Å². The molecule has 0 bridgehead atoms. The minimum Gasteiger partial charge on any atom is -0.196 e. The third-order valence-electron chi connectivity index (χ3n) is 5.38. The van der Waals surface area contributed by atoms with Crippen LogP contribution in [0.15, 0.2) is 11.6 Å². The fourth-order valence-corrected chi connectivity index (χ4v) is 5.90. The fourth-order valence-electron chi connectivity index (χ4n) is 4.38. The van der Waals surface area contributed by atoms with E-state index >= 15 is 0 Å². The third kappa shape index (κ3) is 1.03. The van der Waals surface area contributed by atoms with Crippen molar-refractivity contribution in [3.05, 3.63) is 11.6 Å². The van der Waals surface area contributed by atoms with Crippen LogP contribution in [0.3, 0.4) is 0 Å². The lowest BCUT2D eigenvalue weighted by Crippen LogP contribution is -2.66. The zero-order chi connectivity index (χ0) is 14.6. The Labute approximate surface area is 126 Å². The van der Waals surface area contributed by atoms with Crippen LogP contribution in [0.4, 0.5) is 0 Å². The molecule has 3 atom stereocenters. The van der Waals surface area contributed by atoms with Crippen LogP contribution in [0.2, 0.25) is 0 Å². The second-order valence-electron chi connectivity index (χ2n) is 5.82. The van der Waals surface area contributed by atoms with Gasteiger partial charge in [-0.1, -0.05) is 34.0 Å². The molecule has 4 nitrogen and oxygen atoms in total. The molecule has 0 saturated heterocycles. The molecule has 0 spiro atoms. The fraction of sp³-hybridized carbons (Fsp3) is 0.600. The highest BCUT2D eigenvalue weighted by atomic mass is 79.9. The zero-order valence-electron chi connectivity index (χ0n) is 10.7. The van der Waals surface area contributed by atoms with Crippen LogP contribution in [0.5, 0.6) is 0 Å². The summed E-state index contributed by atoms with van der Waals surface area (Å²) in [5.41, 5.74) is -2.18. The van der Waals surface area contributed by atoms with Gasteiger partial charge in [-0.25, -0.2) is 0 Å². The van der Waals surface area contributed by atoms with Crippen molar-refractivity contribution < 1.29 is 0 Å². The molecule has 0 radical (unpaired) electrons. The van der Waals surface area contributed by atoms with Crippen LogP contribution in [-0.2, 0) is 0 Å². The van der Waals surface area contributed by atoms with Crippen LogP contribution < -0.4 is 0 Å². The maximum absolute atomic E-state index is 9.71. The van der Waals surface area contributed by atoms with E-state index in [0.29, 0.717) is 5.92 Å². The average Bonchev–Trinajstić information content (AvgIpc) is 2.92. The van der Waals surface area contributed by atoms with Gasteiger partial charge in [0.2, 0.25) is 0 Å². The number of rotatable bonds is 0. The Bertz CT molecular complexity index is 653. The number of hydrogen-bond donors (Lipinski definition) is 0. The van der Waals surface area contributed by atoms with Crippen molar-refractivity contribution >= 4 is 15.9 Å². The first-order valence-corrected chi connectivity index (χ1v) is 7.40. The predicted octanol–water partition coefficient (Wildman–Crippen LogP) is 2.95. The second kappa shape index (κ2) is 3.85. The van der Waals surface area contributed by atoms with Crippen molar-refractivity contribution in [3.8, 4) is 24.3 Å². The molecule has 0 amide bonds. The molecule has 2 saturated carbocycles. The van der Waals surface area contributed by atoms with E-state index in [2.05, 4.69) is 28.1 Å². The van der Waals surface area contributed by atoms with Crippen LogP contribution in [0.1, 0.15) is 25.7 Å². The Balaban J connectivity index is 2.29. The normalized spacial score (nSPS) is 38.5. The smallest absolute Gasteiger partial charge is 0.194 e. The van der Waals surface area contributed by atoms with Gasteiger partial charge in [0, 0.05) is 6.42 Å². The molecule has 5 heteroatoms. The Kier molecular flexibility index (Phi) is 2.54. The molecule has 3 rings (SSSR count). The van der Waals surface area contributed by atoms with Gasteiger partial charge >= 0.3 is 0 Å². The minimum absolute atomic E-state index is 0.160. The number of hydrogen-bond acceptors (Lipinski definition) is 4.